The molecule has 2 N–H and O–H groups in total. The van der Waals surface area contributed by atoms with E-state index in [0.29, 0.717) is 24.2 Å². The van der Waals surface area contributed by atoms with Gasteiger partial charge in [0.15, 0.2) is 5.57 Å². The van der Waals surface area contributed by atoms with Crippen molar-refractivity contribution in [3.8, 4) is 6.07 Å². The van der Waals surface area contributed by atoms with Crippen LogP contribution < -0.4 is 10.6 Å². The lowest BCUT2D eigenvalue weighted by molar-refractivity contribution is -0.140. The number of aryl methyl sites for hydroxylation is 1. The van der Waals surface area contributed by atoms with Gasteiger partial charge in [0.1, 0.15) is 29.3 Å². The molecule has 1 aromatic carbocycles. The van der Waals surface area contributed by atoms with E-state index in [2.05, 4.69) is 10.6 Å². The molecule has 190 valence electrons. The number of carbonyl (C=O) groups is 3. The fourth-order valence-electron chi connectivity index (χ4n) is 4.66. The van der Waals surface area contributed by atoms with E-state index in [1.54, 1.807) is 21.9 Å². The molecule has 0 aliphatic carbocycles. The van der Waals surface area contributed by atoms with E-state index in [1.165, 1.54) is 7.11 Å². The molecule has 2 aliphatic heterocycles. The fourth-order valence-corrected chi connectivity index (χ4v) is 4.66. The Hall–Kier alpha value is -4.00. The summed E-state index contributed by atoms with van der Waals surface area (Å²) in [6.45, 7) is 3.82. The van der Waals surface area contributed by atoms with Crippen molar-refractivity contribution < 1.29 is 23.5 Å². The van der Waals surface area contributed by atoms with Gasteiger partial charge in [-0.2, -0.15) is 5.26 Å². The normalized spacial score (nSPS) is 18.9. The fraction of sp³-hybridized carbons (Fsp3) is 0.462. The number of rotatable bonds is 7. The lowest BCUT2D eigenvalue weighted by atomic mass is 10.1. The predicted octanol–water partition coefficient (Wildman–Crippen LogP) is 2.65. The molecular weight excluding hydrogens is 462 g/mol. The van der Waals surface area contributed by atoms with Crippen LogP contribution in [-0.2, 0) is 19.1 Å². The standard InChI is InChI=1S/C26H31N5O5/c1-17-13-18-8-9-19(14-22(18)36-17)28-24(20(15-27)26(34)35-2)29-21-7-3-4-12-31(25(21)33)16-23(32)30-10-5-6-11-30/h8-9,13-14,21,28-29H,3-7,10-12,16H2,1-2H3/b24-20+/t21-/m0/s1. The Morgan fingerprint density at radius 2 is 1.92 bits per heavy atom. The van der Waals surface area contributed by atoms with Crippen LogP contribution in [0.1, 0.15) is 37.9 Å². The van der Waals surface area contributed by atoms with E-state index >= 15 is 0 Å². The molecule has 2 aliphatic rings. The second-order valence-electron chi connectivity index (χ2n) is 9.13. The minimum absolute atomic E-state index is 0.0279. The average Bonchev–Trinajstić information content (AvgIpc) is 3.50. The molecule has 4 rings (SSSR count). The molecule has 10 heteroatoms. The number of amides is 2. The number of hydrogen-bond donors (Lipinski definition) is 2. The van der Waals surface area contributed by atoms with Gasteiger partial charge < -0.3 is 29.6 Å². The van der Waals surface area contributed by atoms with Gasteiger partial charge in [-0.3, -0.25) is 9.59 Å². The van der Waals surface area contributed by atoms with Crippen molar-refractivity contribution in [2.24, 2.45) is 0 Å². The highest BCUT2D eigenvalue weighted by Crippen LogP contribution is 2.24. The van der Waals surface area contributed by atoms with Crippen LogP contribution in [0.5, 0.6) is 0 Å². The molecule has 0 unspecified atom stereocenters. The van der Waals surface area contributed by atoms with Crippen LogP contribution in [0.4, 0.5) is 5.69 Å². The van der Waals surface area contributed by atoms with Crippen LogP contribution in [0.15, 0.2) is 40.1 Å². The van der Waals surface area contributed by atoms with Gasteiger partial charge in [0.05, 0.1) is 13.7 Å². The van der Waals surface area contributed by atoms with Gasteiger partial charge >= 0.3 is 5.97 Å². The Bertz CT molecular complexity index is 1220. The number of methoxy groups -OCH3 is 1. The molecule has 1 aromatic heterocycles. The number of hydrogen-bond acceptors (Lipinski definition) is 8. The number of nitrogens with zero attached hydrogens (tertiary/aromatic N) is 3. The summed E-state index contributed by atoms with van der Waals surface area (Å²) in [5.41, 5.74) is 0.925. The Labute approximate surface area is 209 Å². The number of fused-ring (bicyclic) bond motifs is 1. The highest BCUT2D eigenvalue weighted by molar-refractivity contribution is 5.95. The summed E-state index contributed by atoms with van der Waals surface area (Å²) in [4.78, 5) is 41.9. The largest absolute Gasteiger partial charge is 0.465 e. The second kappa shape index (κ2) is 11.2. The first-order valence-electron chi connectivity index (χ1n) is 12.2. The molecule has 0 spiro atoms. The Morgan fingerprint density at radius 1 is 1.17 bits per heavy atom. The van der Waals surface area contributed by atoms with Crippen LogP contribution in [0.2, 0.25) is 0 Å². The van der Waals surface area contributed by atoms with Gasteiger partial charge in [-0.05, 0) is 57.2 Å². The van der Waals surface area contributed by atoms with E-state index in [-0.39, 0.29) is 29.8 Å². The highest BCUT2D eigenvalue weighted by Gasteiger charge is 2.31. The van der Waals surface area contributed by atoms with Crippen LogP contribution in [0.3, 0.4) is 0 Å². The monoisotopic (exact) mass is 493 g/mol. The lowest BCUT2D eigenvalue weighted by Gasteiger charge is -2.28. The van der Waals surface area contributed by atoms with Crippen molar-refractivity contribution in [2.75, 3.05) is 38.6 Å². The molecule has 2 saturated heterocycles. The first kappa shape index (κ1) is 25.1. The number of furan rings is 1. The molecule has 10 nitrogen and oxygen atoms in total. The van der Waals surface area contributed by atoms with E-state index in [4.69, 9.17) is 9.15 Å². The van der Waals surface area contributed by atoms with E-state index < -0.39 is 12.0 Å². The summed E-state index contributed by atoms with van der Waals surface area (Å²) in [7, 11) is 1.19. The summed E-state index contributed by atoms with van der Waals surface area (Å²) in [6, 6.07) is 8.48. The van der Waals surface area contributed by atoms with Gasteiger partial charge in [-0.25, -0.2) is 4.79 Å². The number of nitrogens with one attached hydrogen (secondary N) is 2. The highest BCUT2D eigenvalue weighted by atomic mass is 16.5. The molecule has 0 bridgehead atoms. The molecule has 1 atom stereocenters. The Morgan fingerprint density at radius 3 is 2.64 bits per heavy atom. The molecule has 2 amide bonds. The van der Waals surface area contributed by atoms with Crippen molar-refractivity contribution in [3.05, 3.63) is 41.4 Å². The molecule has 2 aromatic rings. The predicted molar refractivity (Wildman–Crippen MR) is 132 cm³/mol. The minimum atomic E-state index is -0.829. The topological polar surface area (TPSA) is 128 Å². The number of ether oxygens (including phenoxy) is 1. The van der Waals surface area contributed by atoms with Crippen molar-refractivity contribution in [3.63, 3.8) is 0 Å². The Kier molecular flexibility index (Phi) is 7.78. The summed E-state index contributed by atoms with van der Waals surface area (Å²) >= 11 is 0. The summed E-state index contributed by atoms with van der Waals surface area (Å²) < 4.78 is 10.5. The van der Waals surface area contributed by atoms with Gasteiger partial charge in [0.25, 0.3) is 0 Å². The molecular formula is C26H31N5O5. The summed E-state index contributed by atoms with van der Waals surface area (Å²) in [5.74, 6) is -0.290. The van der Waals surface area contributed by atoms with E-state index in [0.717, 1.165) is 49.9 Å². The lowest BCUT2D eigenvalue weighted by Crippen LogP contribution is -2.49. The SMILES string of the molecule is COC(=O)/C(C#N)=C(\Nc1ccc2cc(C)oc2c1)N[C@H]1CCCCN(CC(=O)N2CCCC2)C1=O. The van der Waals surface area contributed by atoms with Gasteiger partial charge in [-0.15, -0.1) is 0 Å². The number of carbonyl (C=O) groups excluding carboxylic acids is 3. The van der Waals surface area contributed by atoms with Crippen LogP contribution in [-0.4, -0.2) is 66.9 Å². The maximum atomic E-state index is 13.4. The first-order valence-corrected chi connectivity index (χ1v) is 12.2. The maximum Gasteiger partial charge on any atom is 0.352 e. The molecule has 3 heterocycles. The number of anilines is 1. The number of esters is 1. The van der Waals surface area contributed by atoms with E-state index in [9.17, 15) is 19.6 Å². The third kappa shape index (κ3) is 5.62. The summed E-state index contributed by atoms with van der Waals surface area (Å²) in [6.07, 6.45) is 3.98. The van der Waals surface area contributed by atoms with Crippen molar-refractivity contribution >= 4 is 34.4 Å². The Balaban J connectivity index is 1.58. The molecule has 0 radical (unpaired) electrons. The van der Waals surface area contributed by atoms with Gasteiger partial charge in [0.2, 0.25) is 11.8 Å². The average molecular weight is 494 g/mol. The smallest absolute Gasteiger partial charge is 0.352 e. The van der Waals surface area contributed by atoms with Crippen molar-refractivity contribution in [2.45, 2.75) is 45.1 Å². The zero-order valence-electron chi connectivity index (χ0n) is 20.6. The zero-order chi connectivity index (χ0) is 25.7. The van der Waals surface area contributed by atoms with E-state index in [1.807, 2.05) is 25.1 Å². The minimum Gasteiger partial charge on any atom is -0.465 e. The zero-order valence-corrected chi connectivity index (χ0v) is 20.6. The molecule has 2 fully saturated rings. The van der Waals surface area contributed by atoms with Crippen LogP contribution in [0.25, 0.3) is 11.0 Å². The number of nitriles is 1. The molecule has 0 saturated carbocycles. The maximum absolute atomic E-state index is 13.4. The number of likely N-dealkylation sites (tertiary alicyclic amines) is 2. The third-order valence-corrected chi connectivity index (χ3v) is 6.55. The van der Waals surface area contributed by atoms with Gasteiger partial charge in [0, 0.05) is 36.8 Å². The van der Waals surface area contributed by atoms with Crippen molar-refractivity contribution in [1.82, 2.24) is 15.1 Å². The summed E-state index contributed by atoms with van der Waals surface area (Å²) in [5, 5.41) is 16.8. The third-order valence-electron chi connectivity index (χ3n) is 6.55. The van der Waals surface area contributed by atoms with Crippen molar-refractivity contribution in [1.29, 1.82) is 5.26 Å². The van der Waals surface area contributed by atoms with Gasteiger partial charge in [-0.1, -0.05) is 0 Å². The first-order chi connectivity index (χ1) is 17.4. The van der Waals surface area contributed by atoms with Crippen LogP contribution in [0, 0.1) is 18.3 Å². The van der Waals surface area contributed by atoms with Crippen LogP contribution >= 0.6 is 0 Å². The molecule has 36 heavy (non-hydrogen) atoms. The number of benzene rings is 1. The quantitative estimate of drug-likeness (QED) is 0.342. The second-order valence-corrected chi connectivity index (χ2v) is 9.13.